The molecule has 4 saturated carbocycles. The van der Waals surface area contributed by atoms with Crippen LogP contribution in [0.2, 0.25) is 0 Å². The molecule has 29 heavy (non-hydrogen) atoms. The molecule has 4 aliphatic carbocycles. The number of rotatable bonds is 3. The summed E-state index contributed by atoms with van der Waals surface area (Å²) in [6.45, 7) is 6.39. The van der Waals surface area contributed by atoms with E-state index in [4.69, 9.17) is 4.55 Å². The zero-order valence-corrected chi connectivity index (χ0v) is 18.0. The Kier molecular flexibility index (Phi) is 6.51. The monoisotopic (exact) mass is 438 g/mol. The number of Topliss-reactive ketones (excluding diaryl/α,β-unsaturated/α-hetero) is 1. The molecule has 0 saturated heterocycles. The fraction of sp³-hybridized carbons (Fsp3) is 0.952. The molecule has 0 heterocycles. The molecule has 0 aromatic carbocycles. The minimum absolute atomic E-state index is 0. The Morgan fingerprint density at radius 2 is 1.62 bits per heavy atom. The number of hydrogen-bond acceptors (Lipinski definition) is 5. The first-order chi connectivity index (χ1) is 12.9. The van der Waals surface area contributed by atoms with Crippen LogP contribution in [0.1, 0.15) is 78.6 Å². The van der Waals surface area contributed by atoms with Gasteiger partial charge in [0.1, 0.15) is 5.78 Å². The predicted octanol–water partition coefficient (Wildman–Crippen LogP) is 3.09. The van der Waals surface area contributed by atoms with Crippen LogP contribution < -0.4 is 0 Å². The molecule has 8 atom stereocenters. The molecular formula is C21H35NaO6S. The Morgan fingerprint density at radius 1 is 0.966 bits per heavy atom. The second-order valence-electron chi connectivity index (χ2n) is 10.6. The second kappa shape index (κ2) is 7.82. The molecule has 0 aliphatic heterocycles. The molecule has 8 heteroatoms. The summed E-state index contributed by atoms with van der Waals surface area (Å²) >= 11 is 0. The predicted molar refractivity (Wildman–Crippen MR) is 111 cm³/mol. The van der Waals surface area contributed by atoms with Gasteiger partial charge in [-0.2, -0.15) is 8.42 Å². The third-order valence-electron chi connectivity index (χ3n) is 9.44. The van der Waals surface area contributed by atoms with E-state index < -0.39 is 16.2 Å². The van der Waals surface area contributed by atoms with Gasteiger partial charge in [0.2, 0.25) is 0 Å². The van der Waals surface area contributed by atoms with Crippen molar-refractivity contribution >= 4 is 45.7 Å². The van der Waals surface area contributed by atoms with Crippen molar-refractivity contribution in [2.24, 2.45) is 40.4 Å². The van der Waals surface area contributed by atoms with E-state index >= 15 is 0 Å². The summed E-state index contributed by atoms with van der Waals surface area (Å²) in [5, 5.41) is 10.6. The van der Waals surface area contributed by atoms with Gasteiger partial charge in [-0.15, -0.1) is 0 Å². The SMILES string of the molecule is CC(=O)[C@H]1CCC2[C@H]3CC[C@@H]4C[C@](O)(OS(=O)(=O)O)CC[C@]4(C)[C@@H]3CC[C@@]21C.[NaH]. The topological polar surface area (TPSA) is 101 Å². The van der Waals surface area contributed by atoms with Crippen molar-refractivity contribution < 1.29 is 27.1 Å². The average molecular weight is 439 g/mol. The molecule has 4 fully saturated rings. The van der Waals surface area contributed by atoms with Crippen LogP contribution in [0, 0.1) is 40.4 Å². The van der Waals surface area contributed by atoms with Crippen LogP contribution in [0.5, 0.6) is 0 Å². The number of carbonyl (C=O) groups is 1. The minimum atomic E-state index is -4.68. The van der Waals surface area contributed by atoms with Gasteiger partial charge in [-0.3, -0.25) is 9.35 Å². The summed E-state index contributed by atoms with van der Waals surface area (Å²) in [4.78, 5) is 12.2. The molecule has 0 amide bonds. The zero-order chi connectivity index (χ0) is 20.5. The first-order valence-corrected chi connectivity index (χ1v) is 12.2. The van der Waals surface area contributed by atoms with E-state index in [0.717, 1.165) is 38.5 Å². The van der Waals surface area contributed by atoms with E-state index in [1.165, 1.54) is 0 Å². The Labute approximate surface area is 196 Å². The molecule has 1 unspecified atom stereocenters. The zero-order valence-electron chi connectivity index (χ0n) is 17.2. The second-order valence-corrected chi connectivity index (χ2v) is 11.6. The van der Waals surface area contributed by atoms with Crippen LogP contribution in [0.15, 0.2) is 0 Å². The molecule has 4 rings (SSSR count). The number of fused-ring (bicyclic) bond motifs is 5. The number of carbonyl (C=O) groups excluding carboxylic acids is 1. The average Bonchev–Trinajstić information content (AvgIpc) is 2.91. The third-order valence-corrected chi connectivity index (χ3v) is 9.96. The molecule has 2 N–H and O–H groups in total. The standard InChI is InChI=1S/C21H34O6S.Na.H/c1-13(22)16-6-7-17-15-5-4-14-12-21(23,27-28(24,25)26)11-10-19(14,2)18(15)8-9-20(16,17)3;;/h14-18,23H,4-12H2,1-3H3,(H,24,25,26);;/t14-,15-,16-,17?,18-,19+,20-,21-;;/m1../s1. The molecule has 6 nitrogen and oxygen atoms in total. The molecule has 0 spiro atoms. The normalized spacial score (nSPS) is 49.3. The van der Waals surface area contributed by atoms with E-state index in [9.17, 15) is 18.3 Å². The number of aliphatic hydroxyl groups is 1. The maximum absolute atomic E-state index is 12.2. The van der Waals surface area contributed by atoms with Gasteiger partial charge in [0.05, 0.1) is 0 Å². The van der Waals surface area contributed by atoms with Crippen LogP contribution >= 0.6 is 0 Å². The summed E-state index contributed by atoms with van der Waals surface area (Å²) in [5.74, 6) is 0.678. The summed E-state index contributed by atoms with van der Waals surface area (Å²) in [7, 11) is -4.68. The van der Waals surface area contributed by atoms with Crippen LogP contribution in [-0.4, -0.2) is 59.2 Å². The van der Waals surface area contributed by atoms with Gasteiger partial charge in [-0.25, -0.2) is 4.18 Å². The van der Waals surface area contributed by atoms with Gasteiger partial charge in [0.15, 0.2) is 5.79 Å². The quantitative estimate of drug-likeness (QED) is 0.399. The van der Waals surface area contributed by atoms with E-state index in [2.05, 4.69) is 18.0 Å². The van der Waals surface area contributed by atoms with Gasteiger partial charge in [0.25, 0.3) is 0 Å². The fourth-order valence-electron chi connectivity index (χ4n) is 8.15. The summed E-state index contributed by atoms with van der Waals surface area (Å²) < 4.78 is 36.0. The third kappa shape index (κ3) is 4.03. The van der Waals surface area contributed by atoms with Crippen LogP contribution in [0.4, 0.5) is 0 Å². The molecule has 0 radical (unpaired) electrons. The van der Waals surface area contributed by atoms with E-state index in [1.807, 2.05) is 0 Å². The first kappa shape index (κ1) is 24.1. The van der Waals surface area contributed by atoms with Gasteiger partial charge < -0.3 is 5.11 Å². The van der Waals surface area contributed by atoms with Crippen molar-refractivity contribution in [3.8, 4) is 0 Å². The molecule has 0 bridgehead atoms. The van der Waals surface area contributed by atoms with Crippen LogP contribution in [-0.2, 0) is 19.4 Å². The van der Waals surface area contributed by atoms with Crippen molar-refractivity contribution in [2.75, 3.05) is 0 Å². The van der Waals surface area contributed by atoms with E-state index in [1.54, 1.807) is 6.92 Å². The van der Waals surface area contributed by atoms with E-state index in [0.29, 0.717) is 30.0 Å². The van der Waals surface area contributed by atoms with Gasteiger partial charge in [-0.1, -0.05) is 13.8 Å². The van der Waals surface area contributed by atoms with Crippen LogP contribution in [0.25, 0.3) is 0 Å². The van der Waals surface area contributed by atoms with Gasteiger partial charge in [0, 0.05) is 18.8 Å². The van der Waals surface area contributed by atoms with Crippen molar-refractivity contribution in [1.29, 1.82) is 0 Å². The molecule has 162 valence electrons. The number of ketones is 1. The Hall–Kier alpha value is 0.500. The van der Waals surface area contributed by atoms with Gasteiger partial charge >= 0.3 is 40.0 Å². The molecule has 4 aliphatic rings. The van der Waals surface area contributed by atoms with Crippen molar-refractivity contribution in [1.82, 2.24) is 0 Å². The van der Waals surface area contributed by atoms with Crippen molar-refractivity contribution in [3.63, 3.8) is 0 Å². The summed E-state index contributed by atoms with van der Waals surface area (Å²) in [6.07, 6.45) is 7.52. The first-order valence-electron chi connectivity index (χ1n) is 10.8. The van der Waals surface area contributed by atoms with E-state index in [-0.39, 0.29) is 65.1 Å². The molecule has 0 aromatic rings. The van der Waals surface area contributed by atoms with Gasteiger partial charge in [-0.05, 0) is 86.4 Å². The van der Waals surface area contributed by atoms with Crippen molar-refractivity contribution in [2.45, 2.75) is 84.3 Å². The molecule has 0 aromatic heterocycles. The summed E-state index contributed by atoms with van der Waals surface area (Å²) in [6, 6.07) is 0. The van der Waals surface area contributed by atoms with Crippen molar-refractivity contribution in [3.05, 3.63) is 0 Å². The van der Waals surface area contributed by atoms with Crippen LogP contribution in [0.3, 0.4) is 0 Å². The summed E-state index contributed by atoms with van der Waals surface area (Å²) in [5.41, 5.74) is 0.174. The maximum atomic E-state index is 12.2. The Balaban J connectivity index is 0.00000240. The fourth-order valence-corrected chi connectivity index (χ4v) is 8.69. The Morgan fingerprint density at radius 3 is 2.24 bits per heavy atom. The molecular weight excluding hydrogens is 403 g/mol. The Bertz CT molecular complexity index is 771. The number of hydrogen-bond donors (Lipinski definition) is 2.